The van der Waals surface area contributed by atoms with Crippen molar-refractivity contribution in [2.75, 3.05) is 13.2 Å². The zero-order valence-electron chi connectivity index (χ0n) is 15.3. The average molecular weight is 391 g/mol. The van der Waals surface area contributed by atoms with Crippen LogP contribution in [0.25, 0.3) is 10.9 Å². The van der Waals surface area contributed by atoms with Crippen LogP contribution in [0, 0.1) is 0 Å². The molecule has 148 valence electrons. The molecule has 0 unspecified atom stereocenters. The van der Waals surface area contributed by atoms with E-state index < -0.39 is 17.7 Å². The van der Waals surface area contributed by atoms with Gasteiger partial charge in [-0.1, -0.05) is 24.3 Å². The fourth-order valence-corrected chi connectivity index (χ4v) is 3.04. The van der Waals surface area contributed by atoms with Crippen molar-refractivity contribution < 1.29 is 27.4 Å². The Morgan fingerprint density at radius 1 is 1.11 bits per heavy atom. The standard InChI is InChI=1S/C21H20F3NO3/c1-2-27-20(26)19-17(16-9-3-4-11-18(16)25-19)10-6-12-28-15-8-5-7-14(13-15)21(22,23)24/h3-5,7-9,11,13,25H,2,6,10,12H2,1H3. The van der Waals surface area contributed by atoms with Crippen molar-refractivity contribution in [3.63, 3.8) is 0 Å². The summed E-state index contributed by atoms with van der Waals surface area (Å²) in [7, 11) is 0. The van der Waals surface area contributed by atoms with Crippen LogP contribution in [-0.2, 0) is 17.3 Å². The maximum atomic E-state index is 12.8. The molecular formula is C21H20F3NO3. The van der Waals surface area contributed by atoms with Crippen LogP contribution in [-0.4, -0.2) is 24.2 Å². The number of halogens is 3. The molecule has 3 aromatic rings. The molecule has 1 aromatic heterocycles. The predicted molar refractivity (Wildman–Crippen MR) is 99.5 cm³/mol. The third-order valence-corrected chi connectivity index (χ3v) is 4.29. The van der Waals surface area contributed by atoms with E-state index >= 15 is 0 Å². The number of aryl methyl sites for hydroxylation is 1. The van der Waals surface area contributed by atoms with E-state index in [0.717, 1.165) is 28.6 Å². The van der Waals surface area contributed by atoms with Gasteiger partial charge in [-0.25, -0.2) is 4.79 Å². The van der Waals surface area contributed by atoms with Gasteiger partial charge in [0.15, 0.2) is 0 Å². The first-order valence-electron chi connectivity index (χ1n) is 8.97. The monoisotopic (exact) mass is 391 g/mol. The Kier molecular flexibility index (Phi) is 5.92. The van der Waals surface area contributed by atoms with Gasteiger partial charge in [0.05, 0.1) is 18.8 Å². The largest absolute Gasteiger partial charge is 0.494 e. The van der Waals surface area contributed by atoms with Crippen molar-refractivity contribution in [2.45, 2.75) is 25.9 Å². The van der Waals surface area contributed by atoms with Gasteiger partial charge >= 0.3 is 12.1 Å². The van der Waals surface area contributed by atoms with Crippen LogP contribution in [0.1, 0.15) is 35.0 Å². The Labute approximate surface area is 160 Å². The highest BCUT2D eigenvalue weighted by molar-refractivity contribution is 5.98. The molecule has 2 aromatic carbocycles. The summed E-state index contributed by atoms with van der Waals surface area (Å²) in [4.78, 5) is 15.3. The van der Waals surface area contributed by atoms with Crippen LogP contribution >= 0.6 is 0 Å². The Morgan fingerprint density at radius 2 is 1.89 bits per heavy atom. The summed E-state index contributed by atoms with van der Waals surface area (Å²) in [6.45, 7) is 2.23. The second kappa shape index (κ2) is 8.37. The third-order valence-electron chi connectivity index (χ3n) is 4.29. The molecule has 0 aliphatic rings. The highest BCUT2D eigenvalue weighted by Crippen LogP contribution is 2.31. The minimum atomic E-state index is -4.40. The maximum absolute atomic E-state index is 12.8. The SMILES string of the molecule is CCOC(=O)c1[nH]c2ccccc2c1CCCOc1cccc(C(F)(F)F)c1. The van der Waals surface area contributed by atoms with Gasteiger partial charge in [-0.2, -0.15) is 13.2 Å². The molecule has 0 bridgehead atoms. The smallest absolute Gasteiger partial charge is 0.416 e. The summed E-state index contributed by atoms with van der Waals surface area (Å²) < 4.78 is 48.9. The number of fused-ring (bicyclic) bond motifs is 1. The first-order chi connectivity index (χ1) is 13.4. The number of carbonyl (C=O) groups excluding carboxylic acids is 1. The van der Waals surface area contributed by atoms with E-state index in [0.29, 0.717) is 18.5 Å². The minimum Gasteiger partial charge on any atom is -0.494 e. The summed E-state index contributed by atoms with van der Waals surface area (Å²) in [6.07, 6.45) is -3.35. The summed E-state index contributed by atoms with van der Waals surface area (Å²) in [6, 6.07) is 12.3. The number of benzene rings is 2. The van der Waals surface area contributed by atoms with Gasteiger partial charge in [0.25, 0.3) is 0 Å². The molecule has 0 fully saturated rings. The Morgan fingerprint density at radius 3 is 2.64 bits per heavy atom. The lowest BCUT2D eigenvalue weighted by atomic mass is 10.1. The van der Waals surface area contributed by atoms with Gasteiger partial charge in [0, 0.05) is 10.9 Å². The van der Waals surface area contributed by atoms with Crippen LogP contribution in [0.4, 0.5) is 13.2 Å². The molecule has 0 spiro atoms. The van der Waals surface area contributed by atoms with Crippen molar-refractivity contribution in [3.05, 3.63) is 65.4 Å². The first kappa shape index (κ1) is 19.8. The number of H-pyrrole nitrogens is 1. The molecule has 0 saturated carbocycles. The van der Waals surface area contributed by atoms with Crippen LogP contribution < -0.4 is 4.74 Å². The fraction of sp³-hybridized carbons (Fsp3) is 0.286. The number of esters is 1. The molecular weight excluding hydrogens is 371 g/mol. The number of hydrogen-bond acceptors (Lipinski definition) is 3. The van der Waals surface area contributed by atoms with Crippen molar-refractivity contribution in [2.24, 2.45) is 0 Å². The zero-order valence-corrected chi connectivity index (χ0v) is 15.3. The number of para-hydroxylation sites is 1. The van der Waals surface area contributed by atoms with Gasteiger partial charge in [0.1, 0.15) is 11.4 Å². The predicted octanol–water partition coefficient (Wildman–Crippen LogP) is 5.38. The number of hydrogen-bond donors (Lipinski definition) is 1. The van der Waals surface area contributed by atoms with Crippen LogP contribution in [0.3, 0.4) is 0 Å². The van der Waals surface area contributed by atoms with Gasteiger partial charge in [-0.15, -0.1) is 0 Å². The molecule has 7 heteroatoms. The lowest BCUT2D eigenvalue weighted by Crippen LogP contribution is -2.09. The number of ether oxygens (including phenoxy) is 2. The summed E-state index contributed by atoms with van der Waals surface area (Å²) in [5, 5.41) is 0.921. The molecule has 0 atom stereocenters. The number of nitrogens with one attached hydrogen (secondary N) is 1. The van der Waals surface area contributed by atoms with Gasteiger partial charge in [-0.3, -0.25) is 0 Å². The normalized spacial score (nSPS) is 11.6. The van der Waals surface area contributed by atoms with E-state index in [1.54, 1.807) is 6.92 Å². The molecule has 0 radical (unpaired) electrons. The number of carbonyl (C=O) groups is 1. The second-order valence-corrected chi connectivity index (χ2v) is 6.22. The van der Waals surface area contributed by atoms with Crippen LogP contribution in [0.2, 0.25) is 0 Å². The summed E-state index contributed by atoms with van der Waals surface area (Å²) in [5.41, 5.74) is 1.31. The highest BCUT2D eigenvalue weighted by Gasteiger charge is 2.30. The lowest BCUT2D eigenvalue weighted by molar-refractivity contribution is -0.137. The van der Waals surface area contributed by atoms with Gasteiger partial charge < -0.3 is 14.5 Å². The maximum Gasteiger partial charge on any atom is 0.416 e. The summed E-state index contributed by atoms with van der Waals surface area (Å²) in [5.74, 6) is -0.258. The van der Waals surface area contributed by atoms with Gasteiger partial charge in [-0.05, 0) is 49.6 Å². The topological polar surface area (TPSA) is 51.3 Å². The van der Waals surface area contributed by atoms with Crippen molar-refractivity contribution in [3.8, 4) is 5.75 Å². The molecule has 1 N–H and O–H groups in total. The summed E-state index contributed by atoms with van der Waals surface area (Å²) >= 11 is 0. The van der Waals surface area contributed by atoms with Crippen molar-refractivity contribution in [1.29, 1.82) is 0 Å². The first-order valence-corrected chi connectivity index (χ1v) is 8.97. The number of aromatic amines is 1. The molecule has 0 amide bonds. The van der Waals surface area contributed by atoms with Gasteiger partial charge in [0.2, 0.25) is 0 Å². The number of alkyl halides is 3. The van der Waals surface area contributed by atoms with Crippen LogP contribution in [0.15, 0.2) is 48.5 Å². The number of rotatable bonds is 7. The minimum absolute atomic E-state index is 0.166. The molecule has 1 heterocycles. The van der Waals surface area contributed by atoms with E-state index in [1.165, 1.54) is 12.1 Å². The third kappa shape index (κ3) is 4.47. The van der Waals surface area contributed by atoms with Crippen LogP contribution in [0.5, 0.6) is 5.75 Å². The molecule has 0 saturated heterocycles. The Balaban J connectivity index is 1.69. The zero-order chi connectivity index (χ0) is 20.1. The quantitative estimate of drug-likeness (QED) is 0.435. The average Bonchev–Trinajstić information content (AvgIpc) is 3.04. The second-order valence-electron chi connectivity index (χ2n) is 6.22. The highest BCUT2D eigenvalue weighted by atomic mass is 19.4. The molecule has 28 heavy (non-hydrogen) atoms. The molecule has 0 aliphatic heterocycles. The molecule has 3 rings (SSSR count). The lowest BCUT2D eigenvalue weighted by Gasteiger charge is -2.10. The fourth-order valence-electron chi connectivity index (χ4n) is 3.04. The van der Waals surface area contributed by atoms with E-state index in [-0.39, 0.29) is 19.0 Å². The van der Waals surface area contributed by atoms with Crippen molar-refractivity contribution in [1.82, 2.24) is 4.98 Å². The van der Waals surface area contributed by atoms with E-state index in [2.05, 4.69) is 4.98 Å². The Hall–Kier alpha value is -2.96. The number of aromatic nitrogens is 1. The van der Waals surface area contributed by atoms with E-state index in [1.807, 2.05) is 24.3 Å². The van der Waals surface area contributed by atoms with Crippen molar-refractivity contribution >= 4 is 16.9 Å². The van der Waals surface area contributed by atoms with E-state index in [9.17, 15) is 18.0 Å². The molecule has 4 nitrogen and oxygen atoms in total. The Bertz CT molecular complexity index is 963. The van der Waals surface area contributed by atoms with E-state index in [4.69, 9.17) is 9.47 Å². The molecule has 0 aliphatic carbocycles.